The number of rotatable bonds is 7. The van der Waals surface area contributed by atoms with Crippen LogP contribution in [0.2, 0.25) is 5.02 Å². The SMILES string of the molecule is CC(C(=O)NC(C)(C)C)N(Cc1ccc(Br)cc1)C(=O)COc1ccc(Br)cc1Cl. The molecule has 0 heterocycles. The fourth-order valence-corrected chi connectivity index (χ4v) is 3.65. The molecule has 162 valence electrons. The Balaban J connectivity index is 2.18. The van der Waals surface area contributed by atoms with Crippen LogP contribution >= 0.6 is 43.5 Å². The van der Waals surface area contributed by atoms with E-state index in [4.69, 9.17) is 16.3 Å². The summed E-state index contributed by atoms with van der Waals surface area (Å²) in [6, 6.07) is 12.1. The van der Waals surface area contributed by atoms with Gasteiger partial charge in [-0.3, -0.25) is 9.59 Å². The lowest BCUT2D eigenvalue weighted by Crippen LogP contribution is -2.53. The van der Waals surface area contributed by atoms with E-state index in [9.17, 15) is 9.59 Å². The Hall–Kier alpha value is -1.57. The fraction of sp³-hybridized carbons (Fsp3) is 0.364. The molecule has 0 aliphatic heterocycles. The molecule has 30 heavy (non-hydrogen) atoms. The molecule has 0 aromatic heterocycles. The van der Waals surface area contributed by atoms with Crippen LogP contribution in [0, 0.1) is 0 Å². The number of hydrogen-bond acceptors (Lipinski definition) is 3. The lowest BCUT2D eigenvalue weighted by molar-refractivity contribution is -0.142. The fourth-order valence-electron chi connectivity index (χ4n) is 2.66. The van der Waals surface area contributed by atoms with E-state index in [1.807, 2.05) is 45.0 Å². The van der Waals surface area contributed by atoms with Crippen molar-refractivity contribution in [1.82, 2.24) is 10.2 Å². The van der Waals surface area contributed by atoms with Crippen LogP contribution < -0.4 is 10.1 Å². The molecule has 0 fully saturated rings. The summed E-state index contributed by atoms with van der Waals surface area (Å²) in [6.07, 6.45) is 0. The molecule has 2 amide bonds. The topological polar surface area (TPSA) is 58.6 Å². The van der Waals surface area contributed by atoms with Crippen molar-refractivity contribution >= 4 is 55.3 Å². The van der Waals surface area contributed by atoms with Crippen molar-refractivity contribution in [1.29, 1.82) is 0 Å². The van der Waals surface area contributed by atoms with Gasteiger partial charge in [-0.1, -0.05) is 55.6 Å². The van der Waals surface area contributed by atoms with E-state index in [0.29, 0.717) is 10.8 Å². The van der Waals surface area contributed by atoms with Crippen molar-refractivity contribution in [2.75, 3.05) is 6.61 Å². The molecule has 1 atom stereocenters. The minimum Gasteiger partial charge on any atom is -0.482 e. The second kappa shape index (κ2) is 10.6. The molecule has 0 spiro atoms. The Morgan fingerprint density at radius 3 is 2.27 bits per heavy atom. The average molecular weight is 561 g/mol. The van der Waals surface area contributed by atoms with E-state index in [0.717, 1.165) is 14.5 Å². The molecule has 5 nitrogen and oxygen atoms in total. The maximum Gasteiger partial charge on any atom is 0.261 e. The van der Waals surface area contributed by atoms with Gasteiger partial charge >= 0.3 is 0 Å². The van der Waals surface area contributed by atoms with Crippen LogP contribution in [0.15, 0.2) is 51.4 Å². The zero-order valence-electron chi connectivity index (χ0n) is 17.3. The van der Waals surface area contributed by atoms with Crippen molar-refractivity contribution < 1.29 is 14.3 Å². The standard InChI is InChI=1S/C22H25Br2ClN2O3/c1-14(21(29)26-22(2,3)4)27(12-15-5-7-16(23)8-6-15)20(28)13-30-19-10-9-17(24)11-18(19)25/h5-11,14H,12-13H2,1-4H3,(H,26,29). The average Bonchev–Trinajstić information content (AvgIpc) is 2.64. The van der Waals surface area contributed by atoms with E-state index < -0.39 is 11.6 Å². The number of nitrogens with one attached hydrogen (secondary N) is 1. The molecule has 0 saturated carbocycles. The van der Waals surface area contributed by atoms with Crippen molar-refractivity contribution in [3.63, 3.8) is 0 Å². The van der Waals surface area contributed by atoms with Gasteiger partial charge in [0.25, 0.3) is 5.91 Å². The van der Waals surface area contributed by atoms with E-state index >= 15 is 0 Å². The molecule has 1 N–H and O–H groups in total. The molecule has 0 bridgehead atoms. The minimum absolute atomic E-state index is 0.227. The Bertz CT molecular complexity index is 898. The van der Waals surface area contributed by atoms with Gasteiger partial charge in [-0.25, -0.2) is 0 Å². The number of nitrogens with zero attached hydrogens (tertiary/aromatic N) is 1. The van der Waals surface area contributed by atoms with Gasteiger partial charge in [-0.2, -0.15) is 0 Å². The summed E-state index contributed by atoms with van der Waals surface area (Å²) in [7, 11) is 0. The number of carbonyl (C=O) groups excluding carboxylic acids is 2. The van der Waals surface area contributed by atoms with E-state index in [-0.39, 0.29) is 25.0 Å². The summed E-state index contributed by atoms with van der Waals surface area (Å²) in [5.74, 6) is -0.133. The molecule has 0 radical (unpaired) electrons. The molecule has 1 unspecified atom stereocenters. The Labute approximate surface area is 199 Å². The molecule has 0 aliphatic carbocycles. The van der Waals surface area contributed by atoms with Gasteiger partial charge < -0.3 is 15.0 Å². The molecule has 2 aromatic carbocycles. The first-order valence-electron chi connectivity index (χ1n) is 9.40. The highest BCUT2D eigenvalue weighted by Gasteiger charge is 2.28. The lowest BCUT2D eigenvalue weighted by atomic mass is 10.1. The monoisotopic (exact) mass is 558 g/mol. The van der Waals surface area contributed by atoms with Crippen molar-refractivity contribution in [3.05, 3.63) is 62.0 Å². The van der Waals surface area contributed by atoms with Gasteiger partial charge in [0, 0.05) is 21.0 Å². The van der Waals surface area contributed by atoms with Gasteiger partial charge in [0.05, 0.1) is 5.02 Å². The third-order valence-electron chi connectivity index (χ3n) is 4.18. The summed E-state index contributed by atoms with van der Waals surface area (Å²) >= 11 is 12.9. The highest BCUT2D eigenvalue weighted by atomic mass is 79.9. The van der Waals surface area contributed by atoms with Crippen LogP contribution in [0.1, 0.15) is 33.3 Å². The summed E-state index contributed by atoms with van der Waals surface area (Å²) in [6.45, 7) is 7.46. The zero-order valence-corrected chi connectivity index (χ0v) is 21.3. The Morgan fingerprint density at radius 2 is 1.70 bits per heavy atom. The summed E-state index contributed by atoms with van der Waals surface area (Å²) in [5, 5.41) is 3.33. The molecular weight excluding hydrogens is 536 g/mol. The molecule has 2 aromatic rings. The molecule has 2 rings (SSSR count). The van der Waals surface area contributed by atoms with Crippen LogP contribution in [-0.2, 0) is 16.1 Å². The predicted octanol–water partition coefficient (Wildman–Crippen LogP) is 5.58. The number of benzene rings is 2. The number of hydrogen-bond donors (Lipinski definition) is 1. The van der Waals surface area contributed by atoms with Gasteiger partial charge in [0.2, 0.25) is 5.91 Å². The van der Waals surface area contributed by atoms with Crippen LogP contribution in [0.5, 0.6) is 5.75 Å². The lowest BCUT2D eigenvalue weighted by Gasteiger charge is -2.31. The van der Waals surface area contributed by atoms with Gasteiger partial charge in [-0.15, -0.1) is 0 Å². The molecular formula is C22H25Br2ClN2O3. The Kier molecular flexibility index (Phi) is 8.76. The third-order valence-corrected chi connectivity index (χ3v) is 5.49. The quantitative estimate of drug-likeness (QED) is 0.481. The molecule has 0 saturated heterocycles. The minimum atomic E-state index is -0.677. The smallest absolute Gasteiger partial charge is 0.261 e. The van der Waals surface area contributed by atoms with Crippen LogP contribution in [-0.4, -0.2) is 34.9 Å². The van der Waals surface area contributed by atoms with Crippen molar-refractivity contribution in [2.45, 2.75) is 45.8 Å². The number of ether oxygens (including phenoxy) is 1. The van der Waals surface area contributed by atoms with E-state index in [1.165, 1.54) is 4.90 Å². The highest BCUT2D eigenvalue weighted by molar-refractivity contribution is 9.10. The number of halogens is 3. The summed E-state index contributed by atoms with van der Waals surface area (Å²) < 4.78 is 7.39. The largest absolute Gasteiger partial charge is 0.482 e. The highest BCUT2D eigenvalue weighted by Crippen LogP contribution is 2.27. The summed E-state index contributed by atoms with van der Waals surface area (Å²) in [5.41, 5.74) is 0.502. The van der Waals surface area contributed by atoms with Gasteiger partial charge in [0.1, 0.15) is 11.8 Å². The maximum absolute atomic E-state index is 13.0. The van der Waals surface area contributed by atoms with Crippen LogP contribution in [0.4, 0.5) is 0 Å². The van der Waals surface area contributed by atoms with E-state index in [1.54, 1.807) is 25.1 Å². The predicted molar refractivity (Wildman–Crippen MR) is 127 cm³/mol. The molecule has 0 aliphatic rings. The van der Waals surface area contributed by atoms with Crippen molar-refractivity contribution in [2.24, 2.45) is 0 Å². The first kappa shape index (κ1) is 24.7. The second-order valence-corrected chi connectivity index (χ2v) is 10.2. The number of carbonyl (C=O) groups is 2. The maximum atomic E-state index is 13.0. The first-order chi connectivity index (χ1) is 14.0. The van der Waals surface area contributed by atoms with Crippen molar-refractivity contribution in [3.8, 4) is 5.75 Å². The second-order valence-electron chi connectivity index (χ2n) is 7.93. The molecule has 8 heteroatoms. The first-order valence-corrected chi connectivity index (χ1v) is 11.4. The van der Waals surface area contributed by atoms with E-state index in [2.05, 4.69) is 37.2 Å². The zero-order chi connectivity index (χ0) is 22.5. The Morgan fingerprint density at radius 1 is 1.10 bits per heavy atom. The van der Waals surface area contributed by atoms with Crippen LogP contribution in [0.25, 0.3) is 0 Å². The normalized spacial score (nSPS) is 12.2. The number of amides is 2. The van der Waals surface area contributed by atoms with Gasteiger partial charge in [0.15, 0.2) is 6.61 Å². The summed E-state index contributed by atoms with van der Waals surface area (Å²) in [4.78, 5) is 27.3. The van der Waals surface area contributed by atoms with Crippen LogP contribution in [0.3, 0.4) is 0 Å². The third kappa shape index (κ3) is 7.60. The van der Waals surface area contributed by atoms with Gasteiger partial charge in [-0.05, 0) is 63.6 Å².